The van der Waals surface area contributed by atoms with E-state index in [4.69, 9.17) is 28.4 Å². The zero-order valence-electron chi connectivity index (χ0n) is 37.1. The van der Waals surface area contributed by atoms with Crippen LogP contribution in [0.25, 0.3) is 10.8 Å². The number of allylic oxidation sites excluding steroid dienone is 2. The molecule has 17 heteroatoms. The molecule has 2 aromatic rings. The lowest BCUT2D eigenvalue weighted by Gasteiger charge is -2.38. The number of nitrogens with one attached hydrogen (secondary N) is 1. The Kier molecular flexibility index (Phi) is 15.3. The van der Waals surface area contributed by atoms with Crippen molar-refractivity contribution in [3.63, 3.8) is 0 Å². The van der Waals surface area contributed by atoms with Gasteiger partial charge in [-0.15, -0.1) is 0 Å². The molecule has 1 fully saturated rings. The number of rotatable bonds is 7. The van der Waals surface area contributed by atoms with Gasteiger partial charge in [0.05, 0.1) is 54.4 Å². The Balaban J connectivity index is 1.66. The molecule has 5 N–H and O–H groups in total. The zero-order valence-corrected chi connectivity index (χ0v) is 37.1. The number of morpholine rings is 1. The van der Waals surface area contributed by atoms with E-state index in [1.165, 1.54) is 64.3 Å². The molecule has 4 aliphatic rings. The lowest BCUT2D eigenvalue weighted by Crippen LogP contribution is -2.52. The van der Waals surface area contributed by atoms with E-state index in [9.17, 15) is 39.6 Å². The van der Waals surface area contributed by atoms with Crippen molar-refractivity contribution in [2.45, 2.75) is 92.5 Å². The largest absolute Gasteiger partial charge is 0.507 e. The number of ether oxygens (including phenoxy) is 6. The van der Waals surface area contributed by atoms with Crippen molar-refractivity contribution in [2.24, 2.45) is 23.7 Å². The first-order chi connectivity index (χ1) is 29.3. The van der Waals surface area contributed by atoms with Gasteiger partial charge in [0.15, 0.2) is 12.4 Å². The molecular weight excluding hydrogens is 807 g/mol. The highest BCUT2D eigenvalue weighted by Gasteiger charge is 2.50. The molecule has 2 aromatic carbocycles. The number of carbonyl (C=O) groups is 4. The minimum atomic E-state index is -2.04. The van der Waals surface area contributed by atoms with Crippen molar-refractivity contribution in [1.29, 1.82) is 0 Å². The number of methoxy groups -OCH3 is 1. The van der Waals surface area contributed by atoms with E-state index < -0.39 is 95.5 Å². The molecule has 0 aliphatic carbocycles. The first-order valence-corrected chi connectivity index (χ1v) is 20.9. The van der Waals surface area contributed by atoms with Crippen LogP contribution >= 0.6 is 0 Å². The first kappa shape index (κ1) is 47.8. The molecule has 0 unspecified atom stereocenters. The summed E-state index contributed by atoms with van der Waals surface area (Å²) in [4.78, 5) is 54.3. The third-order valence-electron chi connectivity index (χ3n) is 12.1. The van der Waals surface area contributed by atoms with Gasteiger partial charge in [0.1, 0.15) is 23.4 Å². The molecule has 4 aliphatic heterocycles. The number of aliphatic hydroxyl groups excluding tert-OH is 2. The van der Waals surface area contributed by atoms with Crippen molar-refractivity contribution in [3.8, 4) is 23.0 Å². The number of Topliss-reactive ketones (excluding diaryl/α,β-unsaturated/α-hetero) is 1. The number of hydrogen-bond donors (Lipinski definition) is 5. The fourth-order valence-corrected chi connectivity index (χ4v) is 8.29. The Morgan fingerprint density at radius 3 is 2.29 bits per heavy atom. The third kappa shape index (κ3) is 9.71. The van der Waals surface area contributed by atoms with Crippen LogP contribution in [-0.2, 0) is 33.3 Å². The Morgan fingerprint density at radius 1 is 0.984 bits per heavy atom. The summed E-state index contributed by atoms with van der Waals surface area (Å²) in [7, 11) is 1.44. The van der Waals surface area contributed by atoms with E-state index in [-0.39, 0.29) is 44.7 Å². The van der Waals surface area contributed by atoms with Gasteiger partial charge in [-0.05, 0) is 26.8 Å². The monoisotopic (exact) mass is 867 g/mol. The van der Waals surface area contributed by atoms with E-state index in [2.05, 4.69) is 5.32 Å². The number of hydrogen-bond acceptors (Lipinski definition) is 15. The molecule has 340 valence electrons. The summed E-state index contributed by atoms with van der Waals surface area (Å²) in [5, 5.41) is 52.0. The average molecular weight is 868 g/mol. The number of phenolic OH excluding ortho intramolecular Hbond substituents is 2. The Hall–Kier alpha value is -5.20. The highest BCUT2D eigenvalue weighted by atomic mass is 16.7. The SMILES string of the molecule is CCN(C(=O)COc1cc2c(O)c3c(O)c(C)c4c(c13)C(=O)[C@@](C)(O/C=C/[C@H](OC)[C@@H](C)[C@@H](OC(C)=O)[C@H](C)[C@H](O)[C@H](C)[C@@H](O)[C@@H](C)/C=C/C=C(/C)C(=O)N2)O4)N1CCOCC1. The topological polar surface area (TPSA) is 223 Å². The number of anilines is 1. The van der Waals surface area contributed by atoms with Crippen molar-refractivity contribution in [1.82, 2.24) is 10.0 Å². The van der Waals surface area contributed by atoms with E-state index in [1.807, 2.05) is 11.9 Å². The van der Waals surface area contributed by atoms with Crippen molar-refractivity contribution in [3.05, 3.63) is 53.3 Å². The smallest absolute Gasteiger partial charge is 0.312 e. The molecule has 1 saturated heterocycles. The molecule has 9 atom stereocenters. The zero-order chi connectivity index (χ0) is 45.8. The Morgan fingerprint density at radius 2 is 1.66 bits per heavy atom. The number of phenols is 2. The van der Waals surface area contributed by atoms with Gasteiger partial charge in [-0.3, -0.25) is 24.2 Å². The molecule has 0 saturated carbocycles. The van der Waals surface area contributed by atoms with Gasteiger partial charge < -0.3 is 54.2 Å². The molecule has 6 rings (SSSR count). The number of esters is 1. The van der Waals surface area contributed by atoms with Crippen LogP contribution in [0.5, 0.6) is 23.0 Å². The number of nitrogens with zero attached hydrogens (tertiary/aromatic N) is 2. The van der Waals surface area contributed by atoms with E-state index >= 15 is 0 Å². The van der Waals surface area contributed by atoms with E-state index in [1.54, 1.807) is 39.8 Å². The van der Waals surface area contributed by atoms with E-state index in [0.29, 0.717) is 32.8 Å². The highest BCUT2D eigenvalue weighted by molar-refractivity contribution is 6.21. The number of ketones is 1. The van der Waals surface area contributed by atoms with Crippen LogP contribution in [-0.4, -0.2) is 131 Å². The van der Waals surface area contributed by atoms with Gasteiger partial charge in [-0.2, -0.15) is 0 Å². The quantitative estimate of drug-likeness (QED) is 0.191. The summed E-state index contributed by atoms with van der Waals surface area (Å²) in [6.07, 6.45) is 3.57. The lowest BCUT2D eigenvalue weighted by molar-refractivity contribution is -0.161. The second kappa shape index (κ2) is 19.9. The summed E-state index contributed by atoms with van der Waals surface area (Å²) in [5.41, 5.74) is -0.0463. The summed E-state index contributed by atoms with van der Waals surface area (Å²) in [5.74, 6) is -8.18. The highest BCUT2D eigenvalue weighted by Crippen LogP contribution is 2.54. The molecule has 0 aromatic heterocycles. The maximum absolute atomic E-state index is 14.6. The first-order valence-electron chi connectivity index (χ1n) is 20.9. The number of fused-ring (bicyclic) bond motifs is 14. The van der Waals surface area contributed by atoms with Gasteiger partial charge in [0, 0.05) is 86.9 Å². The van der Waals surface area contributed by atoms with Crippen molar-refractivity contribution in [2.75, 3.05) is 51.9 Å². The van der Waals surface area contributed by atoms with Gasteiger partial charge in [-0.25, -0.2) is 5.01 Å². The second-order valence-electron chi connectivity index (χ2n) is 16.4. The fourth-order valence-electron chi connectivity index (χ4n) is 8.29. The molecule has 0 radical (unpaired) electrons. The number of hydrazine groups is 1. The summed E-state index contributed by atoms with van der Waals surface area (Å²) in [6, 6.07) is 1.27. The van der Waals surface area contributed by atoms with Crippen molar-refractivity contribution >= 4 is 40.0 Å². The van der Waals surface area contributed by atoms with Crippen LogP contribution in [0.4, 0.5) is 5.69 Å². The molecule has 4 heterocycles. The van der Waals surface area contributed by atoms with E-state index in [0.717, 1.165) is 0 Å². The van der Waals surface area contributed by atoms with Crippen LogP contribution in [0.15, 0.2) is 42.2 Å². The Bertz CT molecular complexity index is 2110. The normalized spacial score (nSPS) is 30.7. The number of carbonyl (C=O) groups excluding carboxylic acids is 4. The predicted octanol–water partition coefficient (Wildman–Crippen LogP) is 4.52. The summed E-state index contributed by atoms with van der Waals surface area (Å²) in [6.45, 7) is 16.0. The number of likely N-dealkylation sites (N-methyl/N-ethyl adjacent to an activating group) is 1. The second-order valence-corrected chi connectivity index (χ2v) is 16.4. The molecule has 5 bridgehead atoms. The van der Waals surface area contributed by atoms with Crippen LogP contribution in [0.3, 0.4) is 0 Å². The standard InChI is InChI=1S/C45H61N3O14/c1-11-48(47-16-19-58-20-17-47)33(50)22-59-32-21-30-40(54)35-34(32)36-42(28(7)39(35)53)62-45(9,43(36)55)60-18-15-31(57-10)25(4)41(61-29(8)49)27(6)38(52)26(5)37(51)23(2)13-12-14-24(3)44(56)46-30/h12-15,18,21,23,25-27,31,37-38,41,51-54H,11,16-17,19-20,22H2,1-10H3,(H,46,56)/b13-12+,18-15+,24-14-/t23-,25+,26+,27+,31-,37-,38+,41+,45-/m0/s1. The lowest BCUT2D eigenvalue weighted by atomic mass is 9.78. The summed E-state index contributed by atoms with van der Waals surface area (Å²) >= 11 is 0. The predicted molar refractivity (Wildman–Crippen MR) is 227 cm³/mol. The molecule has 17 nitrogen and oxygen atoms in total. The Labute approximate surface area is 361 Å². The molecule has 62 heavy (non-hydrogen) atoms. The minimum Gasteiger partial charge on any atom is -0.507 e. The van der Waals surface area contributed by atoms with Gasteiger partial charge in [0.2, 0.25) is 0 Å². The number of benzene rings is 2. The maximum atomic E-state index is 14.6. The van der Waals surface area contributed by atoms with Crippen LogP contribution in [0.2, 0.25) is 0 Å². The third-order valence-corrected chi connectivity index (χ3v) is 12.1. The van der Waals surface area contributed by atoms with Crippen LogP contribution < -0.4 is 14.8 Å². The molecule has 0 spiro atoms. The number of aromatic hydroxyl groups is 2. The minimum absolute atomic E-state index is 0.0669. The van der Waals surface area contributed by atoms with Crippen LogP contribution in [0, 0.1) is 30.6 Å². The van der Waals surface area contributed by atoms with Crippen molar-refractivity contribution < 1.29 is 68.0 Å². The maximum Gasteiger partial charge on any atom is 0.312 e. The number of amides is 2. The van der Waals surface area contributed by atoms with Crippen LogP contribution in [0.1, 0.15) is 71.3 Å². The summed E-state index contributed by atoms with van der Waals surface area (Å²) < 4.78 is 35.4. The van der Waals surface area contributed by atoms with Gasteiger partial charge in [-0.1, -0.05) is 45.9 Å². The van der Waals surface area contributed by atoms with Gasteiger partial charge >= 0.3 is 11.8 Å². The number of aliphatic hydroxyl groups is 2. The average Bonchev–Trinajstić information content (AvgIpc) is 3.51. The molecular formula is C45H61N3O14. The molecule has 2 amide bonds. The van der Waals surface area contributed by atoms with Gasteiger partial charge in [0.25, 0.3) is 17.6 Å². The fraction of sp³-hybridized carbons (Fsp3) is 0.556.